The number of amides is 1. The molecule has 8 heteroatoms. The van der Waals surface area contributed by atoms with E-state index in [1.54, 1.807) is 18.9 Å². The summed E-state index contributed by atoms with van der Waals surface area (Å²) < 4.78 is 17.8. The second-order valence-corrected chi connectivity index (χ2v) is 6.77. The highest BCUT2D eigenvalue weighted by atomic mass is 16.5. The number of aryl methyl sites for hydroxylation is 2. The first kappa shape index (κ1) is 18.6. The fraction of sp³-hybridized carbons (Fsp3) is 0.611. The number of hydrogen-bond donors (Lipinski definition) is 0. The molecule has 0 aromatic carbocycles. The van der Waals surface area contributed by atoms with Crippen LogP contribution in [0, 0.1) is 6.92 Å². The van der Waals surface area contributed by atoms with Gasteiger partial charge in [0, 0.05) is 33.4 Å². The van der Waals surface area contributed by atoms with Crippen LogP contribution in [0.5, 0.6) is 0 Å². The number of fused-ring (bicyclic) bond motifs is 1. The number of morpholine rings is 1. The minimum Gasteiger partial charge on any atom is -0.442 e. The van der Waals surface area contributed by atoms with Crippen molar-refractivity contribution in [3.8, 4) is 0 Å². The normalized spacial score (nSPS) is 20.7. The highest BCUT2D eigenvalue weighted by molar-refractivity contribution is 6.06. The number of aromatic nitrogens is 2. The summed E-state index contributed by atoms with van der Waals surface area (Å²) in [5, 5.41) is 0.249. The van der Waals surface area contributed by atoms with E-state index in [1.165, 1.54) is 10.9 Å². The molecule has 0 aliphatic carbocycles. The number of hydrogen-bond acceptors (Lipinski definition) is 6. The van der Waals surface area contributed by atoms with Crippen LogP contribution in [0.2, 0.25) is 0 Å². The Labute approximate surface area is 151 Å². The molecule has 2 aromatic heterocycles. The van der Waals surface area contributed by atoms with Gasteiger partial charge in [0.25, 0.3) is 11.5 Å². The summed E-state index contributed by atoms with van der Waals surface area (Å²) in [6.07, 6.45) is 2.04. The number of nitrogens with zero attached hydrogens (tertiary/aromatic N) is 3. The lowest BCUT2D eigenvalue weighted by molar-refractivity contribution is -0.0586. The van der Waals surface area contributed by atoms with E-state index in [9.17, 15) is 9.59 Å². The van der Waals surface area contributed by atoms with Crippen LogP contribution in [0.15, 0.2) is 15.5 Å². The number of carbonyl (C=O) groups is 1. The molecule has 2 unspecified atom stereocenters. The number of carbonyl (C=O) groups excluding carboxylic acids is 1. The second kappa shape index (κ2) is 7.59. The van der Waals surface area contributed by atoms with Gasteiger partial charge in [0.1, 0.15) is 17.5 Å². The lowest BCUT2D eigenvalue weighted by atomic mass is 10.1. The van der Waals surface area contributed by atoms with Crippen LogP contribution in [0.25, 0.3) is 11.1 Å². The van der Waals surface area contributed by atoms with Crippen molar-refractivity contribution in [2.24, 2.45) is 0 Å². The van der Waals surface area contributed by atoms with Gasteiger partial charge in [0.2, 0.25) is 5.71 Å². The molecule has 1 saturated heterocycles. The molecule has 3 heterocycles. The maximum atomic E-state index is 13.1. The molecule has 142 valence electrons. The molecule has 2 atom stereocenters. The monoisotopic (exact) mass is 363 g/mol. The van der Waals surface area contributed by atoms with Gasteiger partial charge in [-0.1, -0.05) is 0 Å². The Kier molecular flexibility index (Phi) is 5.43. The van der Waals surface area contributed by atoms with E-state index in [2.05, 4.69) is 4.98 Å². The Bertz CT molecular complexity index is 846. The van der Waals surface area contributed by atoms with Crippen molar-refractivity contribution in [3.63, 3.8) is 0 Å². The fourth-order valence-electron chi connectivity index (χ4n) is 3.44. The maximum absolute atomic E-state index is 13.1. The van der Waals surface area contributed by atoms with Crippen molar-refractivity contribution < 1.29 is 18.7 Å². The van der Waals surface area contributed by atoms with Crippen molar-refractivity contribution >= 4 is 17.0 Å². The molecule has 3 rings (SSSR count). The van der Waals surface area contributed by atoms with Crippen molar-refractivity contribution in [2.75, 3.05) is 26.8 Å². The van der Waals surface area contributed by atoms with Crippen molar-refractivity contribution in [2.45, 2.75) is 45.9 Å². The zero-order valence-corrected chi connectivity index (χ0v) is 15.7. The molecule has 0 bridgehead atoms. The molecule has 1 aliphatic rings. The van der Waals surface area contributed by atoms with E-state index >= 15 is 0 Å². The molecular weight excluding hydrogens is 338 g/mol. The third-order valence-electron chi connectivity index (χ3n) is 4.52. The predicted molar refractivity (Wildman–Crippen MR) is 95.4 cm³/mol. The minimum atomic E-state index is -0.263. The Morgan fingerprint density at radius 2 is 2.04 bits per heavy atom. The number of ether oxygens (including phenoxy) is 2. The standard InChI is InChI=1S/C18H25N3O5/c1-11-8-21(9-12(2)25-11)17(22)14-13(3)26-16-15(14)18(23)20(10-19-16)6-5-7-24-4/h10-12H,5-9H2,1-4H3. The van der Waals surface area contributed by atoms with Crippen LogP contribution in [0.1, 0.15) is 36.4 Å². The van der Waals surface area contributed by atoms with Crippen LogP contribution in [0.4, 0.5) is 0 Å². The second-order valence-electron chi connectivity index (χ2n) is 6.77. The van der Waals surface area contributed by atoms with Gasteiger partial charge >= 0.3 is 0 Å². The Morgan fingerprint density at radius 3 is 2.69 bits per heavy atom. The third-order valence-corrected chi connectivity index (χ3v) is 4.52. The predicted octanol–water partition coefficient (Wildman–Crippen LogP) is 1.58. The first-order chi connectivity index (χ1) is 12.4. The van der Waals surface area contributed by atoms with Crippen molar-refractivity contribution in [3.05, 3.63) is 28.0 Å². The van der Waals surface area contributed by atoms with Crippen molar-refractivity contribution in [1.82, 2.24) is 14.5 Å². The molecule has 8 nitrogen and oxygen atoms in total. The third kappa shape index (κ3) is 3.52. The Balaban J connectivity index is 1.99. The van der Waals surface area contributed by atoms with Gasteiger partial charge < -0.3 is 18.8 Å². The fourth-order valence-corrected chi connectivity index (χ4v) is 3.44. The van der Waals surface area contributed by atoms with E-state index in [-0.39, 0.29) is 34.8 Å². The van der Waals surface area contributed by atoms with Crippen LogP contribution in [-0.4, -0.2) is 59.4 Å². The average molecular weight is 363 g/mol. The van der Waals surface area contributed by atoms with E-state index in [0.717, 1.165) is 0 Å². The Morgan fingerprint density at radius 1 is 1.35 bits per heavy atom. The summed E-state index contributed by atoms with van der Waals surface area (Å²) in [5.41, 5.74) is 0.244. The zero-order chi connectivity index (χ0) is 18.8. The molecule has 0 saturated carbocycles. The highest BCUT2D eigenvalue weighted by Gasteiger charge is 2.31. The maximum Gasteiger partial charge on any atom is 0.265 e. The zero-order valence-electron chi connectivity index (χ0n) is 15.7. The lowest BCUT2D eigenvalue weighted by Gasteiger charge is -2.35. The molecule has 0 N–H and O–H groups in total. The quantitative estimate of drug-likeness (QED) is 0.750. The summed E-state index contributed by atoms with van der Waals surface area (Å²) in [6.45, 7) is 7.54. The number of methoxy groups -OCH3 is 1. The molecule has 1 fully saturated rings. The summed E-state index contributed by atoms with van der Waals surface area (Å²) >= 11 is 0. The first-order valence-corrected chi connectivity index (χ1v) is 8.84. The molecule has 1 aliphatic heterocycles. The van der Waals surface area contributed by atoms with Crippen molar-refractivity contribution in [1.29, 1.82) is 0 Å². The SMILES string of the molecule is COCCCn1cnc2oc(C)c(C(=O)N3CC(C)OC(C)C3)c2c1=O. The van der Waals surface area contributed by atoms with E-state index in [1.807, 2.05) is 13.8 Å². The van der Waals surface area contributed by atoms with Crippen LogP contribution in [-0.2, 0) is 16.0 Å². The molecule has 0 spiro atoms. The number of rotatable bonds is 5. The Hall–Kier alpha value is -2.19. The van der Waals surface area contributed by atoms with Gasteiger partial charge in [-0.3, -0.25) is 14.2 Å². The van der Waals surface area contributed by atoms with E-state index in [0.29, 0.717) is 44.0 Å². The van der Waals surface area contributed by atoms with Crippen LogP contribution < -0.4 is 5.56 Å². The summed E-state index contributed by atoms with van der Waals surface area (Å²) in [6, 6.07) is 0. The summed E-state index contributed by atoms with van der Waals surface area (Å²) in [5.74, 6) is 0.202. The van der Waals surface area contributed by atoms with Gasteiger partial charge in [0.05, 0.1) is 17.8 Å². The van der Waals surface area contributed by atoms with Gasteiger partial charge in [-0.25, -0.2) is 4.98 Å². The highest BCUT2D eigenvalue weighted by Crippen LogP contribution is 2.24. The molecule has 0 radical (unpaired) electrons. The minimum absolute atomic E-state index is 0.0509. The van der Waals surface area contributed by atoms with E-state index in [4.69, 9.17) is 13.9 Å². The molecule has 26 heavy (non-hydrogen) atoms. The van der Waals surface area contributed by atoms with Gasteiger partial charge in [-0.05, 0) is 27.2 Å². The van der Waals surface area contributed by atoms with Gasteiger partial charge in [0.15, 0.2) is 0 Å². The molecule has 2 aromatic rings. The summed E-state index contributed by atoms with van der Waals surface area (Å²) in [7, 11) is 1.62. The lowest BCUT2D eigenvalue weighted by Crippen LogP contribution is -2.48. The largest absolute Gasteiger partial charge is 0.442 e. The number of furan rings is 1. The van der Waals surface area contributed by atoms with Gasteiger partial charge in [-0.15, -0.1) is 0 Å². The average Bonchev–Trinajstić information content (AvgIpc) is 2.92. The summed E-state index contributed by atoms with van der Waals surface area (Å²) in [4.78, 5) is 32.0. The first-order valence-electron chi connectivity index (χ1n) is 8.84. The molecule has 1 amide bonds. The van der Waals surface area contributed by atoms with E-state index < -0.39 is 0 Å². The van der Waals surface area contributed by atoms with Crippen LogP contribution in [0.3, 0.4) is 0 Å². The molecular formula is C18H25N3O5. The van der Waals surface area contributed by atoms with Gasteiger partial charge in [-0.2, -0.15) is 0 Å². The van der Waals surface area contributed by atoms with Crippen LogP contribution >= 0.6 is 0 Å². The topological polar surface area (TPSA) is 86.8 Å². The smallest absolute Gasteiger partial charge is 0.265 e.